The molecule has 0 bridgehead atoms. The predicted molar refractivity (Wildman–Crippen MR) is 108 cm³/mol. The summed E-state index contributed by atoms with van der Waals surface area (Å²) in [6.07, 6.45) is 0.414. The Hall–Kier alpha value is -2.81. The highest BCUT2D eigenvalue weighted by Crippen LogP contribution is 2.20. The molecular formula is C20H31N3O6. The van der Waals surface area contributed by atoms with E-state index in [1.807, 2.05) is 31.2 Å². The summed E-state index contributed by atoms with van der Waals surface area (Å²) in [4.78, 5) is 28.1. The number of aliphatic imine (C=N–C) groups is 1. The molecule has 1 unspecified atom stereocenters. The molecule has 0 fully saturated rings. The van der Waals surface area contributed by atoms with Gasteiger partial charge in [-0.15, -0.1) is 0 Å². The van der Waals surface area contributed by atoms with Crippen LogP contribution >= 0.6 is 0 Å². The van der Waals surface area contributed by atoms with Crippen LogP contribution in [-0.4, -0.2) is 51.6 Å². The number of esters is 1. The number of unbranched alkanes of at least 4 members (excludes halogenated alkanes) is 1. The maximum Gasteiger partial charge on any atom is 0.508 e. The van der Waals surface area contributed by atoms with Gasteiger partial charge in [-0.1, -0.05) is 29.8 Å². The average molecular weight is 409 g/mol. The molecule has 29 heavy (non-hydrogen) atoms. The SMILES string of the molecule is COCC(C)(COC(=O)OCc1ccc(C)cc1)C(=O)OCCCCN=C(N)N. The first-order valence-electron chi connectivity index (χ1n) is 9.33. The smallest absolute Gasteiger partial charge is 0.465 e. The van der Waals surface area contributed by atoms with Gasteiger partial charge < -0.3 is 30.4 Å². The van der Waals surface area contributed by atoms with E-state index in [0.29, 0.717) is 19.4 Å². The summed E-state index contributed by atoms with van der Waals surface area (Å²) in [5, 5.41) is 0. The van der Waals surface area contributed by atoms with Gasteiger partial charge in [0.1, 0.15) is 18.6 Å². The van der Waals surface area contributed by atoms with Gasteiger partial charge in [-0.3, -0.25) is 9.79 Å². The lowest BCUT2D eigenvalue weighted by Gasteiger charge is -2.25. The normalized spacial score (nSPS) is 12.5. The van der Waals surface area contributed by atoms with Crippen molar-refractivity contribution in [1.29, 1.82) is 0 Å². The summed E-state index contributed by atoms with van der Waals surface area (Å²) in [5.41, 5.74) is 11.3. The fourth-order valence-corrected chi connectivity index (χ4v) is 2.33. The summed E-state index contributed by atoms with van der Waals surface area (Å²) in [5.74, 6) is -0.492. The monoisotopic (exact) mass is 409 g/mol. The van der Waals surface area contributed by atoms with Crippen LogP contribution in [0.5, 0.6) is 0 Å². The Balaban J connectivity index is 2.41. The molecule has 4 N–H and O–H groups in total. The number of benzene rings is 1. The third-order valence-corrected chi connectivity index (χ3v) is 4.02. The van der Waals surface area contributed by atoms with Crippen molar-refractivity contribution < 1.29 is 28.5 Å². The van der Waals surface area contributed by atoms with Crippen molar-refractivity contribution >= 4 is 18.1 Å². The molecule has 0 radical (unpaired) electrons. The van der Waals surface area contributed by atoms with Crippen LogP contribution in [-0.2, 0) is 30.3 Å². The van der Waals surface area contributed by atoms with Crippen molar-refractivity contribution in [3.8, 4) is 0 Å². The molecule has 1 aromatic rings. The maximum atomic E-state index is 12.4. The molecule has 0 saturated heterocycles. The number of methoxy groups -OCH3 is 1. The third kappa shape index (κ3) is 9.79. The van der Waals surface area contributed by atoms with Gasteiger partial charge in [-0.2, -0.15) is 0 Å². The molecule has 0 aromatic heterocycles. The second-order valence-corrected chi connectivity index (χ2v) is 6.96. The summed E-state index contributed by atoms with van der Waals surface area (Å²) < 4.78 is 20.6. The van der Waals surface area contributed by atoms with Gasteiger partial charge in [0, 0.05) is 13.7 Å². The highest BCUT2D eigenvalue weighted by molar-refractivity contribution is 5.77. The quantitative estimate of drug-likeness (QED) is 0.231. The molecule has 0 amide bonds. The van der Waals surface area contributed by atoms with Crippen LogP contribution < -0.4 is 11.5 Å². The largest absolute Gasteiger partial charge is 0.508 e. The molecule has 0 saturated carbocycles. The summed E-state index contributed by atoms with van der Waals surface area (Å²) in [7, 11) is 1.45. The van der Waals surface area contributed by atoms with Gasteiger partial charge in [0.2, 0.25) is 0 Å². The van der Waals surface area contributed by atoms with E-state index >= 15 is 0 Å². The Labute approximate surface area is 171 Å². The molecule has 0 aliphatic heterocycles. The molecule has 0 heterocycles. The number of hydrogen-bond acceptors (Lipinski definition) is 7. The van der Waals surface area contributed by atoms with Crippen molar-refractivity contribution in [2.45, 2.75) is 33.3 Å². The van der Waals surface area contributed by atoms with Crippen molar-refractivity contribution in [3.63, 3.8) is 0 Å². The minimum absolute atomic E-state index is 0.0288. The number of nitrogens with zero attached hydrogens (tertiary/aromatic N) is 1. The predicted octanol–water partition coefficient (Wildman–Crippen LogP) is 1.90. The van der Waals surface area contributed by atoms with Crippen molar-refractivity contribution in [2.75, 3.05) is 33.5 Å². The zero-order valence-electron chi connectivity index (χ0n) is 17.3. The van der Waals surface area contributed by atoms with Crippen LogP contribution in [0.1, 0.15) is 30.9 Å². The van der Waals surface area contributed by atoms with E-state index in [-0.39, 0.29) is 32.4 Å². The van der Waals surface area contributed by atoms with Gasteiger partial charge in [0.25, 0.3) is 0 Å². The number of carbonyl (C=O) groups excluding carboxylic acids is 2. The average Bonchev–Trinajstić information content (AvgIpc) is 2.68. The Bertz CT molecular complexity index is 673. The molecule has 1 rings (SSSR count). The molecule has 1 atom stereocenters. The van der Waals surface area contributed by atoms with Gasteiger partial charge in [-0.05, 0) is 32.3 Å². The highest BCUT2D eigenvalue weighted by Gasteiger charge is 2.37. The van der Waals surface area contributed by atoms with Crippen LogP contribution in [0.3, 0.4) is 0 Å². The second-order valence-electron chi connectivity index (χ2n) is 6.96. The molecule has 0 spiro atoms. The molecule has 0 aliphatic carbocycles. The van der Waals surface area contributed by atoms with Crippen molar-refractivity contribution in [1.82, 2.24) is 0 Å². The van der Waals surface area contributed by atoms with E-state index in [4.69, 9.17) is 30.4 Å². The Morgan fingerprint density at radius 3 is 2.34 bits per heavy atom. The topological polar surface area (TPSA) is 135 Å². The Kier molecular flexibility index (Phi) is 10.5. The minimum atomic E-state index is -1.14. The molecule has 162 valence electrons. The van der Waals surface area contributed by atoms with E-state index < -0.39 is 17.5 Å². The summed E-state index contributed by atoms with van der Waals surface area (Å²) >= 11 is 0. The first-order valence-corrected chi connectivity index (χ1v) is 9.33. The Morgan fingerprint density at radius 2 is 1.72 bits per heavy atom. The number of rotatable bonds is 12. The zero-order chi connectivity index (χ0) is 21.7. The van der Waals surface area contributed by atoms with E-state index in [1.54, 1.807) is 6.92 Å². The molecular weight excluding hydrogens is 378 g/mol. The van der Waals surface area contributed by atoms with E-state index in [0.717, 1.165) is 11.1 Å². The first kappa shape index (κ1) is 24.2. The zero-order valence-corrected chi connectivity index (χ0v) is 17.3. The molecule has 0 aliphatic rings. The van der Waals surface area contributed by atoms with Gasteiger partial charge >= 0.3 is 12.1 Å². The van der Waals surface area contributed by atoms with Gasteiger partial charge in [0.15, 0.2) is 5.96 Å². The summed E-state index contributed by atoms with van der Waals surface area (Å²) in [6, 6.07) is 7.57. The highest BCUT2D eigenvalue weighted by atomic mass is 16.7. The minimum Gasteiger partial charge on any atom is -0.465 e. The molecule has 9 nitrogen and oxygen atoms in total. The lowest BCUT2D eigenvalue weighted by molar-refractivity contribution is -0.161. The molecule has 9 heteroatoms. The lowest BCUT2D eigenvalue weighted by Crippen LogP contribution is -2.39. The lowest BCUT2D eigenvalue weighted by atomic mass is 9.93. The first-order chi connectivity index (χ1) is 13.8. The second kappa shape index (κ2) is 12.6. The number of ether oxygens (including phenoxy) is 4. The van der Waals surface area contributed by atoms with Crippen molar-refractivity contribution in [3.05, 3.63) is 35.4 Å². The van der Waals surface area contributed by atoms with Gasteiger partial charge in [-0.25, -0.2) is 4.79 Å². The van der Waals surface area contributed by atoms with Gasteiger partial charge in [0.05, 0.1) is 13.2 Å². The Morgan fingerprint density at radius 1 is 1.03 bits per heavy atom. The van der Waals surface area contributed by atoms with Crippen LogP contribution in [0.15, 0.2) is 29.3 Å². The van der Waals surface area contributed by atoms with Crippen molar-refractivity contribution in [2.24, 2.45) is 21.9 Å². The van der Waals surface area contributed by atoms with Crippen LogP contribution in [0.2, 0.25) is 0 Å². The van der Waals surface area contributed by atoms with Crippen LogP contribution in [0.25, 0.3) is 0 Å². The number of nitrogens with two attached hydrogens (primary N) is 2. The number of carbonyl (C=O) groups is 2. The number of aryl methyl sites for hydroxylation is 1. The van der Waals surface area contributed by atoms with E-state index in [9.17, 15) is 9.59 Å². The van der Waals surface area contributed by atoms with Crippen LogP contribution in [0, 0.1) is 12.3 Å². The third-order valence-electron chi connectivity index (χ3n) is 4.02. The maximum absolute atomic E-state index is 12.4. The number of hydrogen-bond donors (Lipinski definition) is 2. The standard InChI is InChI=1S/C20H31N3O6/c1-15-6-8-16(9-7-15)12-28-19(25)29-14-20(2,13-26-3)17(24)27-11-5-4-10-23-18(21)22/h6-9H,4-5,10-14H2,1-3H3,(H4,21,22,23). The molecule has 1 aromatic carbocycles. The fraction of sp³-hybridized carbons (Fsp3) is 0.550. The van der Waals surface area contributed by atoms with E-state index in [2.05, 4.69) is 4.99 Å². The number of guanidine groups is 1. The fourth-order valence-electron chi connectivity index (χ4n) is 2.33. The van der Waals surface area contributed by atoms with E-state index in [1.165, 1.54) is 7.11 Å². The summed E-state index contributed by atoms with van der Waals surface area (Å²) in [6.45, 7) is 4.14. The van der Waals surface area contributed by atoms with Crippen LogP contribution in [0.4, 0.5) is 4.79 Å².